The summed E-state index contributed by atoms with van der Waals surface area (Å²) in [6, 6.07) is 1.55. The topological polar surface area (TPSA) is 70.9 Å². The molecule has 2 heterocycles. The summed E-state index contributed by atoms with van der Waals surface area (Å²) in [6.07, 6.45) is 1.73. The standard InChI is InChI=1S/C13H18N4OS/c1-13(2,3)12-14-5-4-11(17-12)16-9(6-18)10-7-19-8-15-10/h4-5,7-9,18H,6H2,1-3H3,(H,14,16,17). The fraction of sp³-hybridized carbons (Fsp3) is 0.462. The SMILES string of the molecule is CC(C)(C)c1nccc(NC(CO)c2cscn2)n1. The van der Waals surface area contributed by atoms with E-state index in [1.807, 2.05) is 5.38 Å². The van der Waals surface area contributed by atoms with Crippen LogP contribution in [0.4, 0.5) is 5.82 Å². The van der Waals surface area contributed by atoms with Crippen LogP contribution in [0.15, 0.2) is 23.2 Å². The summed E-state index contributed by atoms with van der Waals surface area (Å²) in [5, 5.41) is 14.6. The van der Waals surface area contributed by atoms with E-state index >= 15 is 0 Å². The molecule has 2 aromatic heterocycles. The molecule has 0 spiro atoms. The second-order valence-corrected chi connectivity index (χ2v) is 6.03. The maximum absolute atomic E-state index is 9.45. The van der Waals surface area contributed by atoms with Crippen LogP contribution in [0, 0.1) is 0 Å². The second-order valence-electron chi connectivity index (χ2n) is 5.31. The lowest BCUT2D eigenvalue weighted by atomic mass is 9.96. The van der Waals surface area contributed by atoms with E-state index in [1.165, 1.54) is 11.3 Å². The largest absolute Gasteiger partial charge is 0.394 e. The second kappa shape index (κ2) is 5.63. The van der Waals surface area contributed by atoms with E-state index in [9.17, 15) is 5.11 Å². The molecule has 19 heavy (non-hydrogen) atoms. The lowest BCUT2D eigenvalue weighted by Gasteiger charge is -2.19. The van der Waals surface area contributed by atoms with E-state index in [0.717, 1.165) is 11.5 Å². The third-order valence-electron chi connectivity index (χ3n) is 2.64. The molecule has 102 valence electrons. The summed E-state index contributed by atoms with van der Waals surface area (Å²) < 4.78 is 0. The minimum atomic E-state index is -0.242. The Bertz CT molecular complexity index is 522. The summed E-state index contributed by atoms with van der Waals surface area (Å²) >= 11 is 1.51. The molecule has 0 saturated heterocycles. The third-order valence-corrected chi connectivity index (χ3v) is 3.24. The summed E-state index contributed by atoms with van der Waals surface area (Å²) in [6.45, 7) is 6.17. The van der Waals surface area contributed by atoms with Crippen LogP contribution in [-0.4, -0.2) is 26.7 Å². The smallest absolute Gasteiger partial charge is 0.135 e. The van der Waals surface area contributed by atoms with Crippen LogP contribution in [0.1, 0.15) is 38.3 Å². The van der Waals surface area contributed by atoms with Gasteiger partial charge in [0, 0.05) is 17.0 Å². The highest BCUT2D eigenvalue weighted by Gasteiger charge is 2.18. The molecule has 2 aromatic rings. The number of nitrogens with zero attached hydrogens (tertiary/aromatic N) is 3. The molecule has 0 amide bonds. The highest BCUT2D eigenvalue weighted by atomic mass is 32.1. The zero-order valence-corrected chi connectivity index (χ0v) is 12.1. The summed E-state index contributed by atoms with van der Waals surface area (Å²) in [4.78, 5) is 13.0. The van der Waals surface area contributed by atoms with Gasteiger partial charge in [0.25, 0.3) is 0 Å². The molecule has 0 aromatic carbocycles. The first-order chi connectivity index (χ1) is 9.00. The average Bonchev–Trinajstić information content (AvgIpc) is 2.89. The first-order valence-electron chi connectivity index (χ1n) is 6.09. The van der Waals surface area contributed by atoms with Crippen LogP contribution in [0.5, 0.6) is 0 Å². The number of anilines is 1. The first kappa shape index (κ1) is 13.9. The molecule has 1 unspecified atom stereocenters. The van der Waals surface area contributed by atoms with Gasteiger partial charge in [-0.2, -0.15) is 0 Å². The van der Waals surface area contributed by atoms with Gasteiger partial charge in [-0.25, -0.2) is 15.0 Å². The van der Waals surface area contributed by atoms with Gasteiger partial charge in [0.15, 0.2) is 0 Å². The zero-order valence-electron chi connectivity index (χ0n) is 11.3. The molecule has 1 atom stereocenters. The Morgan fingerprint density at radius 3 is 2.74 bits per heavy atom. The molecule has 0 aliphatic carbocycles. The summed E-state index contributed by atoms with van der Waals surface area (Å²) in [7, 11) is 0. The minimum Gasteiger partial charge on any atom is -0.394 e. The maximum Gasteiger partial charge on any atom is 0.135 e. The van der Waals surface area contributed by atoms with Crippen molar-refractivity contribution in [3.63, 3.8) is 0 Å². The highest BCUT2D eigenvalue weighted by molar-refractivity contribution is 7.07. The van der Waals surface area contributed by atoms with Crippen molar-refractivity contribution in [2.24, 2.45) is 0 Å². The Morgan fingerprint density at radius 1 is 1.37 bits per heavy atom. The Balaban J connectivity index is 2.19. The molecule has 2 rings (SSSR count). The van der Waals surface area contributed by atoms with Crippen molar-refractivity contribution in [2.75, 3.05) is 11.9 Å². The zero-order chi connectivity index (χ0) is 13.9. The predicted molar refractivity (Wildman–Crippen MR) is 76.3 cm³/mol. The summed E-state index contributed by atoms with van der Waals surface area (Å²) in [5.41, 5.74) is 2.47. The van der Waals surface area contributed by atoms with E-state index in [2.05, 4.69) is 41.0 Å². The quantitative estimate of drug-likeness (QED) is 0.898. The van der Waals surface area contributed by atoms with Crippen LogP contribution in [0.2, 0.25) is 0 Å². The van der Waals surface area contributed by atoms with Gasteiger partial charge in [0.05, 0.1) is 23.9 Å². The fourth-order valence-corrected chi connectivity index (χ4v) is 2.19. The Morgan fingerprint density at radius 2 is 2.16 bits per heavy atom. The van der Waals surface area contributed by atoms with Crippen molar-refractivity contribution in [3.8, 4) is 0 Å². The van der Waals surface area contributed by atoms with Crippen molar-refractivity contribution >= 4 is 17.2 Å². The molecule has 0 aliphatic rings. The number of rotatable bonds is 4. The molecule has 0 bridgehead atoms. The van der Waals surface area contributed by atoms with Crippen LogP contribution < -0.4 is 5.32 Å². The molecule has 2 N–H and O–H groups in total. The number of hydrogen-bond donors (Lipinski definition) is 2. The number of thiazole rings is 1. The van der Waals surface area contributed by atoms with Gasteiger partial charge in [0.2, 0.25) is 0 Å². The van der Waals surface area contributed by atoms with Crippen molar-refractivity contribution in [2.45, 2.75) is 32.2 Å². The van der Waals surface area contributed by atoms with E-state index in [1.54, 1.807) is 17.8 Å². The van der Waals surface area contributed by atoms with Gasteiger partial charge in [-0.1, -0.05) is 20.8 Å². The number of hydrogen-bond acceptors (Lipinski definition) is 6. The fourth-order valence-electron chi connectivity index (χ4n) is 1.59. The minimum absolute atomic E-state index is 0.0292. The van der Waals surface area contributed by atoms with E-state index in [-0.39, 0.29) is 18.1 Å². The average molecular weight is 278 g/mol. The first-order valence-corrected chi connectivity index (χ1v) is 7.04. The molecule has 0 saturated carbocycles. The molecule has 5 nitrogen and oxygen atoms in total. The monoisotopic (exact) mass is 278 g/mol. The number of aliphatic hydroxyl groups is 1. The van der Waals surface area contributed by atoms with E-state index in [4.69, 9.17) is 0 Å². The number of aromatic nitrogens is 3. The van der Waals surface area contributed by atoms with Gasteiger partial charge in [-0.3, -0.25) is 0 Å². The molecular weight excluding hydrogens is 260 g/mol. The van der Waals surface area contributed by atoms with Crippen LogP contribution >= 0.6 is 11.3 Å². The Labute approximate surface area is 116 Å². The van der Waals surface area contributed by atoms with Crippen molar-refractivity contribution in [3.05, 3.63) is 34.7 Å². The van der Waals surface area contributed by atoms with E-state index < -0.39 is 0 Å². The van der Waals surface area contributed by atoms with Gasteiger partial charge < -0.3 is 10.4 Å². The van der Waals surface area contributed by atoms with Crippen molar-refractivity contribution in [1.29, 1.82) is 0 Å². The normalized spacial score (nSPS) is 13.3. The van der Waals surface area contributed by atoms with Crippen molar-refractivity contribution in [1.82, 2.24) is 15.0 Å². The maximum atomic E-state index is 9.45. The van der Waals surface area contributed by atoms with Gasteiger partial charge >= 0.3 is 0 Å². The van der Waals surface area contributed by atoms with Gasteiger partial charge in [0.1, 0.15) is 11.6 Å². The van der Waals surface area contributed by atoms with Crippen LogP contribution in [-0.2, 0) is 5.41 Å². The molecule has 0 aliphatic heterocycles. The van der Waals surface area contributed by atoms with Gasteiger partial charge in [-0.05, 0) is 6.07 Å². The van der Waals surface area contributed by atoms with E-state index in [0.29, 0.717) is 5.82 Å². The molecule has 0 radical (unpaired) electrons. The highest BCUT2D eigenvalue weighted by Crippen LogP contribution is 2.21. The molecule has 0 fully saturated rings. The lowest BCUT2D eigenvalue weighted by Crippen LogP contribution is -2.19. The Hall–Kier alpha value is -1.53. The Kier molecular flexibility index (Phi) is 4.11. The van der Waals surface area contributed by atoms with Crippen LogP contribution in [0.3, 0.4) is 0 Å². The third kappa shape index (κ3) is 3.48. The lowest BCUT2D eigenvalue weighted by molar-refractivity contribution is 0.274. The van der Waals surface area contributed by atoms with Crippen molar-refractivity contribution < 1.29 is 5.11 Å². The predicted octanol–water partition coefficient (Wildman–Crippen LogP) is 2.38. The summed E-state index contributed by atoms with van der Waals surface area (Å²) in [5.74, 6) is 1.47. The molecular formula is C13H18N4OS. The number of aliphatic hydroxyl groups excluding tert-OH is 1. The number of nitrogens with one attached hydrogen (secondary N) is 1. The van der Waals surface area contributed by atoms with Gasteiger partial charge in [-0.15, -0.1) is 11.3 Å². The molecule has 6 heteroatoms. The van der Waals surface area contributed by atoms with Crippen LogP contribution in [0.25, 0.3) is 0 Å².